The lowest BCUT2D eigenvalue weighted by Crippen LogP contribution is -2.07. The summed E-state index contributed by atoms with van der Waals surface area (Å²) in [6.45, 7) is 6.52. The summed E-state index contributed by atoms with van der Waals surface area (Å²) < 4.78 is 11.5. The summed E-state index contributed by atoms with van der Waals surface area (Å²) in [5.74, 6) is 1.46. The second-order valence-corrected chi connectivity index (χ2v) is 6.94. The van der Waals surface area contributed by atoms with Crippen LogP contribution in [0.3, 0.4) is 0 Å². The van der Waals surface area contributed by atoms with Crippen LogP contribution < -0.4 is 14.9 Å². The molecule has 0 amide bonds. The van der Waals surface area contributed by atoms with E-state index in [1.54, 1.807) is 6.21 Å². The van der Waals surface area contributed by atoms with E-state index in [0.29, 0.717) is 6.61 Å². The summed E-state index contributed by atoms with van der Waals surface area (Å²) in [7, 11) is 0. The van der Waals surface area contributed by atoms with E-state index in [-0.39, 0.29) is 6.10 Å². The highest BCUT2D eigenvalue weighted by Crippen LogP contribution is 2.29. The Bertz CT molecular complexity index is 891. The average molecular weight is 382 g/mol. The lowest BCUT2D eigenvalue weighted by atomic mass is 10.2. The molecule has 0 aliphatic carbocycles. The fourth-order valence-corrected chi connectivity index (χ4v) is 3.12. The van der Waals surface area contributed by atoms with Crippen molar-refractivity contribution in [2.75, 3.05) is 12.0 Å². The predicted octanol–water partition coefficient (Wildman–Crippen LogP) is 5.44. The molecule has 0 bridgehead atoms. The zero-order valence-electron chi connectivity index (χ0n) is 15.7. The van der Waals surface area contributed by atoms with Gasteiger partial charge in [-0.05, 0) is 44.5 Å². The van der Waals surface area contributed by atoms with Crippen LogP contribution in [0.25, 0.3) is 11.3 Å². The molecule has 3 aromatic rings. The standard InChI is InChI=1S/C21H23N3O2S/c1-4-25-20-12-16(10-11-19(20)26-15(2)3)13-22-24-21-23-18(14-27-21)17-8-6-5-7-9-17/h5-15H,4H2,1-3H3,(H,23,24). The summed E-state index contributed by atoms with van der Waals surface area (Å²) >= 11 is 1.52. The van der Waals surface area contributed by atoms with E-state index in [0.717, 1.165) is 33.5 Å². The molecule has 0 fully saturated rings. The number of nitrogens with one attached hydrogen (secondary N) is 1. The van der Waals surface area contributed by atoms with E-state index < -0.39 is 0 Å². The maximum absolute atomic E-state index is 5.78. The monoisotopic (exact) mass is 381 g/mol. The molecule has 0 saturated carbocycles. The van der Waals surface area contributed by atoms with Gasteiger partial charge in [-0.2, -0.15) is 5.10 Å². The fraction of sp³-hybridized carbons (Fsp3) is 0.238. The molecule has 0 aliphatic rings. The Morgan fingerprint density at radius 3 is 2.70 bits per heavy atom. The minimum absolute atomic E-state index is 0.0918. The molecule has 6 heteroatoms. The molecule has 27 heavy (non-hydrogen) atoms. The van der Waals surface area contributed by atoms with Gasteiger partial charge in [-0.15, -0.1) is 11.3 Å². The molecular weight excluding hydrogens is 358 g/mol. The van der Waals surface area contributed by atoms with Crippen molar-refractivity contribution in [3.05, 3.63) is 59.5 Å². The van der Waals surface area contributed by atoms with Crippen molar-refractivity contribution in [1.82, 2.24) is 4.98 Å². The van der Waals surface area contributed by atoms with E-state index in [2.05, 4.69) is 15.5 Å². The Morgan fingerprint density at radius 2 is 1.96 bits per heavy atom. The van der Waals surface area contributed by atoms with E-state index in [9.17, 15) is 0 Å². The van der Waals surface area contributed by atoms with Crippen molar-refractivity contribution in [2.45, 2.75) is 26.9 Å². The maximum atomic E-state index is 5.78. The van der Waals surface area contributed by atoms with Gasteiger partial charge in [0.05, 0.1) is 24.6 Å². The van der Waals surface area contributed by atoms with E-state index >= 15 is 0 Å². The van der Waals surface area contributed by atoms with Crippen LogP contribution in [-0.2, 0) is 0 Å². The van der Waals surface area contributed by atoms with E-state index in [4.69, 9.17) is 9.47 Å². The van der Waals surface area contributed by atoms with Gasteiger partial charge in [0.1, 0.15) is 0 Å². The molecule has 1 aromatic heterocycles. The molecule has 0 spiro atoms. The molecule has 0 aliphatic heterocycles. The molecule has 3 rings (SSSR count). The van der Waals surface area contributed by atoms with Crippen molar-refractivity contribution in [1.29, 1.82) is 0 Å². The molecule has 1 heterocycles. The molecule has 0 saturated heterocycles. The van der Waals surface area contributed by atoms with Gasteiger partial charge in [0, 0.05) is 10.9 Å². The lowest BCUT2D eigenvalue weighted by molar-refractivity contribution is 0.224. The third-order valence-corrected chi connectivity index (χ3v) is 4.32. The van der Waals surface area contributed by atoms with Gasteiger partial charge in [-0.3, -0.25) is 5.43 Å². The number of hydrogen-bond acceptors (Lipinski definition) is 6. The van der Waals surface area contributed by atoms with Crippen LogP contribution in [0.2, 0.25) is 0 Å². The van der Waals surface area contributed by atoms with Crippen molar-refractivity contribution < 1.29 is 9.47 Å². The summed E-state index contributed by atoms with van der Waals surface area (Å²) in [6.07, 6.45) is 1.83. The quantitative estimate of drug-likeness (QED) is 0.417. The zero-order valence-corrected chi connectivity index (χ0v) is 16.5. The second-order valence-electron chi connectivity index (χ2n) is 6.08. The Hall–Kier alpha value is -2.86. The number of rotatable bonds is 8. The van der Waals surface area contributed by atoms with Crippen LogP contribution in [0.1, 0.15) is 26.3 Å². The van der Waals surface area contributed by atoms with Gasteiger partial charge in [0.25, 0.3) is 0 Å². The van der Waals surface area contributed by atoms with E-state index in [1.165, 1.54) is 11.3 Å². The van der Waals surface area contributed by atoms with Crippen LogP contribution >= 0.6 is 11.3 Å². The van der Waals surface area contributed by atoms with Gasteiger partial charge in [0.2, 0.25) is 5.13 Å². The Balaban J connectivity index is 1.67. The smallest absolute Gasteiger partial charge is 0.203 e. The number of thiazole rings is 1. The van der Waals surface area contributed by atoms with Crippen LogP contribution in [0.4, 0.5) is 5.13 Å². The highest BCUT2D eigenvalue weighted by Gasteiger charge is 2.08. The zero-order chi connectivity index (χ0) is 19.1. The Labute approximate surface area is 163 Å². The summed E-state index contributed by atoms with van der Waals surface area (Å²) in [4.78, 5) is 4.55. The maximum Gasteiger partial charge on any atom is 0.203 e. The third-order valence-electron chi connectivity index (χ3n) is 3.58. The van der Waals surface area contributed by atoms with Crippen molar-refractivity contribution in [2.24, 2.45) is 5.10 Å². The van der Waals surface area contributed by atoms with Gasteiger partial charge in [0.15, 0.2) is 11.5 Å². The number of ether oxygens (including phenoxy) is 2. The van der Waals surface area contributed by atoms with Crippen molar-refractivity contribution in [3.8, 4) is 22.8 Å². The third kappa shape index (κ3) is 5.31. The van der Waals surface area contributed by atoms with Gasteiger partial charge >= 0.3 is 0 Å². The SMILES string of the molecule is CCOc1cc(C=NNc2nc(-c3ccccc3)cs2)ccc1OC(C)C. The minimum Gasteiger partial charge on any atom is -0.490 e. The molecule has 2 aromatic carbocycles. The first-order valence-corrected chi connectivity index (χ1v) is 9.77. The van der Waals surface area contributed by atoms with Crippen LogP contribution in [0.15, 0.2) is 59.0 Å². The fourth-order valence-electron chi connectivity index (χ4n) is 2.45. The number of hydrazone groups is 1. The first-order valence-electron chi connectivity index (χ1n) is 8.89. The number of nitrogens with zero attached hydrogens (tertiary/aromatic N) is 2. The highest BCUT2D eigenvalue weighted by molar-refractivity contribution is 7.14. The molecule has 0 atom stereocenters. The van der Waals surface area contributed by atoms with Crippen LogP contribution in [0, 0.1) is 0 Å². The first kappa shape index (κ1) is 18.9. The molecule has 1 N–H and O–H groups in total. The van der Waals surface area contributed by atoms with Gasteiger partial charge < -0.3 is 9.47 Å². The number of anilines is 1. The number of hydrogen-bond donors (Lipinski definition) is 1. The lowest BCUT2D eigenvalue weighted by Gasteiger charge is -2.14. The largest absolute Gasteiger partial charge is 0.490 e. The average Bonchev–Trinajstić information content (AvgIpc) is 3.13. The van der Waals surface area contributed by atoms with Crippen LogP contribution in [-0.4, -0.2) is 23.9 Å². The van der Waals surface area contributed by atoms with Gasteiger partial charge in [-0.25, -0.2) is 4.98 Å². The van der Waals surface area contributed by atoms with Crippen molar-refractivity contribution in [3.63, 3.8) is 0 Å². The molecular formula is C21H23N3O2S. The number of benzene rings is 2. The molecule has 140 valence electrons. The normalized spacial score (nSPS) is 11.1. The summed E-state index contributed by atoms with van der Waals surface area (Å²) in [5.41, 5.74) is 5.93. The first-order chi connectivity index (χ1) is 13.2. The summed E-state index contributed by atoms with van der Waals surface area (Å²) in [5, 5.41) is 7.04. The van der Waals surface area contributed by atoms with Crippen LogP contribution in [0.5, 0.6) is 11.5 Å². The topological polar surface area (TPSA) is 55.7 Å². The van der Waals surface area contributed by atoms with Crippen molar-refractivity contribution >= 4 is 22.7 Å². The number of aromatic nitrogens is 1. The minimum atomic E-state index is 0.0918. The molecule has 0 radical (unpaired) electrons. The van der Waals surface area contributed by atoms with Gasteiger partial charge in [-0.1, -0.05) is 30.3 Å². The second kappa shape index (κ2) is 9.19. The Morgan fingerprint density at radius 1 is 1.15 bits per heavy atom. The highest BCUT2D eigenvalue weighted by atomic mass is 32.1. The van der Waals surface area contributed by atoms with E-state index in [1.807, 2.05) is 74.7 Å². The summed E-state index contributed by atoms with van der Waals surface area (Å²) in [6, 6.07) is 15.9. The molecule has 0 unspecified atom stereocenters. The predicted molar refractivity (Wildman–Crippen MR) is 112 cm³/mol. The Kier molecular flexibility index (Phi) is 6.44. The molecule has 5 nitrogen and oxygen atoms in total.